The molecule has 0 heterocycles. The van der Waals surface area contributed by atoms with E-state index in [-0.39, 0.29) is 6.61 Å². The lowest BCUT2D eigenvalue weighted by Gasteiger charge is -2.06. The van der Waals surface area contributed by atoms with Crippen molar-refractivity contribution in [2.75, 3.05) is 6.61 Å². The van der Waals surface area contributed by atoms with Crippen molar-refractivity contribution in [1.82, 2.24) is 10.9 Å². The predicted octanol–water partition coefficient (Wildman–Crippen LogP) is 0.833. The molecule has 0 fully saturated rings. The van der Waals surface area contributed by atoms with Crippen LogP contribution in [-0.2, 0) is 9.59 Å². The molecule has 2 rings (SSSR count). The molecule has 0 bridgehead atoms. The summed E-state index contributed by atoms with van der Waals surface area (Å²) in [5.74, 6) is -1.29. The lowest BCUT2D eigenvalue weighted by molar-refractivity contribution is -0.124. The van der Waals surface area contributed by atoms with Crippen molar-refractivity contribution in [2.24, 2.45) is 10.8 Å². The second kappa shape index (κ2) is 10.2. The quantitative estimate of drug-likeness (QED) is 0.231. The van der Waals surface area contributed by atoms with Crippen molar-refractivity contribution >= 4 is 30.0 Å². The molecule has 2 aromatic rings. The number of carbonyl (C=O) groups excluding carboxylic acids is 3. The van der Waals surface area contributed by atoms with Crippen molar-refractivity contribution in [2.45, 2.75) is 0 Å². The Morgan fingerprint density at radius 1 is 1.11 bits per heavy atom. The van der Waals surface area contributed by atoms with Gasteiger partial charge in [-0.25, -0.2) is 10.9 Å². The van der Waals surface area contributed by atoms with Crippen LogP contribution in [0.3, 0.4) is 0 Å². The van der Waals surface area contributed by atoms with E-state index in [0.29, 0.717) is 22.4 Å². The zero-order valence-corrected chi connectivity index (χ0v) is 14.7. The summed E-state index contributed by atoms with van der Waals surface area (Å²) < 4.78 is 5.27. The number of hydroxylamine groups is 1. The highest BCUT2D eigenvalue weighted by Gasteiger charge is 2.05. The van der Waals surface area contributed by atoms with Gasteiger partial charge in [0.25, 0.3) is 17.7 Å². The Morgan fingerprint density at radius 2 is 1.82 bits per heavy atom. The van der Waals surface area contributed by atoms with Gasteiger partial charge in [0.15, 0.2) is 6.61 Å². The van der Waals surface area contributed by atoms with Gasteiger partial charge in [-0.1, -0.05) is 24.3 Å². The van der Waals surface area contributed by atoms with Gasteiger partial charge in [0.05, 0.1) is 6.21 Å². The van der Waals surface area contributed by atoms with E-state index in [9.17, 15) is 14.4 Å². The molecular formula is C19H18N4O5. The third kappa shape index (κ3) is 6.39. The Balaban J connectivity index is 1.97. The van der Waals surface area contributed by atoms with E-state index in [1.165, 1.54) is 17.8 Å². The lowest BCUT2D eigenvalue weighted by atomic mass is 10.1. The standard InChI is InChI=1S/C19H18N4O5/c20-17(24)12-28-16-4-2-1-3-15(16)11-21-22-19(26)14-8-5-13(6-9-14)7-10-18(25)23-27/h1-11,27H,12H2,(H2,20,24)(H,22,26)(H,23,25). The second-order valence-electron chi connectivity index (χ2n) is 5.42. The van der Waals surface area contributed by atoms with Crippen LogP contribution < -0.4 is 21.4 Å². The monoisotopic (exact) mass is 382 g/mol. The van der Waals surface area contributed by atoms with Gasteiger partial charge in [-0.2, -0.15) is 5.10 Å². The zero-order chi connectivity index (χ0) is 20.4. The molecule has 5 N–H and O–H groups in total. The van der Waals surface area contributed by atoms with Crippen molar-refractivity contribution in [3.8, 4) is 5.75 Å². The highest BCUT2D eigenvalue weighted by Crippen LogP contribution is 2.15. The first-order valence-electron chi connectivity index (χ1n) is 8.05. The summed E-state index contributed by atoms with van der Waals surface area (Å²) >= 11 is 0. The van der Waals surface area contributed by atoms with Crippen molar-refractivity contribution < 1.29 is 24.3 Å². The third-order valence-corrected chi connectivity index (χ3v) is 3.37. The molecule has 0 aliphatic rings. The summed E-state index contributed by atoms with van der Waals surface area (Å²) in [6.45, 7) is -0.266. The largest absolute Gasteiger partial charge is 0.483 e. The van der Waals surface area contributed by atoms with Gasteiger partial charge in [-0.3, -0.25) is 19.6 Å². The predicted molar refractivity (Wildman–Crippen MR) is 102 cm³/mol. The number of amides is 3. The smallest absolute Gasteiger partial charge is 0.271 e. The molecule has 0 radical (unpaired) electrons. The number of benzene rings is 2. The molecule has 28 heavy (non-hydrogen) atoms. The first kappa shape index (κ1) is 20.3. The number of para-hydroxylation sites is 1. The van der Waals surface area contributed by atoms with Gasteiger partial charge < -0.3 is 10.5 Å². The van der Waals surface area contributed by atoms with Crippen molar-refractivity contribution in [1.29, 1.82) is 0 Å². The maximum Gasteiger partial charge on any atom is 0.271 e. The fraction of sp³-hybridized carbons (Fsp3) is 0.0526. The normalized spacial score (nSPS) is 10.8. The number of nitrogens with one attached hydrogen (secondary N) is 2. The topological polar surface area (TPSA) is 143 Å². The summed E-state index contributed by atoms with van der Waals surface area (Å²) in [7, 11) is 0. The molecule has 0 saturated carbocycles. The van der Waals surface area contributed by atoms with Crippen LogP contribution in [0, 0.1) is 0 Å². The van der Waals surface area contributed by atoms with Gasteiger partial charge in [0, 0.05) is 17.2 Å². The van der Waals surface area contributed by atoms with Gasteiger partial charge >= 0.3 is 0 Å². The average molecular weight is 382 g/mol. The van der Waals surface area contributed by atoms with Crippen molar-refractivity contribution in [3.63, 3.8) is 0 Å². The molecule has 0 spiro atoms. The third-order valence-electron chi connectivity index (χ3n) is 3.37. The van der Waals surface area contributed by atoms with Gasteiger partial charge in [-0.15, -0.1) is 0 Å². The molecule has 0 unspecified atom stereocenters. The molecule has 0 aliphatic carbocycles. The molecule has 3 amide bonds. The summed E-state index contributed by atoms with van der Waals surface area (Å²) in [5, 5.41) is 12.3. The van der Waals surface area contributed by atoms with Crippen LogP contribution in [0.4, 0.5) is 0 Å². The number of nitrogens with zero attached hydrogens (tertiary/aromatic N) is 1. The van der Waals surface area contributed by atoms with E-state index >= 15 is 0 Å². The molecular weight excluding hydrogens is 364 g/mol. The number of hydrazone groups is 1. The van der Waals surface area contributed by atoms with Gasteiger partial charge in [-0.05, 0) is 35.9 Å². The fourth-order valence-corrected chi connectivity index (χ4v) is 2.05. The van der Waals surface area contributed by atoms with Crippen LogP contribution in [0.15, 0.2) is 59.7 Å². The Kier molecular flexibility index (Phi) is 7.43. The maximum absolute atomic E-state index is 12.1. The molecule has 9 heteroatoms. The number of carbonyl (C=O) groups is 3. The van der Waals surface area contributed by atoms with E-state index in [4.69, 9.17) is 15.7 Å². The Morgan fingerprint density at radius 3 is 2.50 bits per heavy atom. The maximum atomic E-state index is 12.1. The fourth-order valence-electron chi connectivity index (χ4n) is 2.05. The molecule has 0 aliphatic heterocycles. The lowest BCUT2D eigenvalue weighted by Crippen LogP contribution is -2.20. The molecule has 0 aromatic heterocycles. The number of rotatable bonds is 8. The van der Waals surface area contributed by atoms with E-state index < -0.39 is 17.7 Å². The highest BCUT2D eigenvalue weighted by molar-refractivity contribution is 5.95. The molecule has 144 valence electrons. The Hall–Kier alpha value is -3.98. The molecule has 2 aromatic carbocycles. The summed E-state index contributed by atoms with van der Waals surface area (Å²) in [6.07, 6.45) is 4.02. The number of primary amides is 1. The minimum atomic E-state index is -0.656. The first-order chi connectivity index (χ1) is 13.5. The number of ether oxygens (including phenoxy) is 1. The van der Waals surface area contributed by atoms with Crippen LogP contribution in [0.25, 0.3) is 6.08 Å². The summed E-state index contributed by atoms with van der Waals surface area (Å²) in [4.78, 5) is 33.9. The second-order valence-corrected chi connectivity index (χ2v) is 5.42. The van der Waals surface area contributed by atoms with Crippen molar-refractivity contribution in [3.05, 3.63) is 71.3 Å². The van der Waals surface area contributed by atoms with E-state index in [1.807, 2.05) is 0 Å². The van der Waals surface area contributed by atoms with Crippen LogP contribution >= 0.6 is 0 Å². The first-order valence-corrected chi connectivity index (χ1v) is 8.05. The van der Waals surface area contributed by atoms with Crippen LogP contribution in [0.1, 0.15) is 21.5 Å². The SMILES string of the molecule is NC(=O)COc1ccccc1C=NNC(=O)c1ccc(C=CC(=O)NO)cc1. The average Bonchev–Trinajstić information content (AvgIpc) is 2.71. The molecule has 0 atom stereocenters. The number of hydrogen-bond acceptors (Lipinski definition) is 6. The Labute approximate surface area is 160 Å². The number of nitrogens with two attached hydrogens (primary N) is 1. The zero-order valence-electron chi connectivity index (χ0n) is 14.7. The van der Waals surface area contributed by atoms with E-state index in [2.05, 4.69) is 10.5 Å². The Bertz CT molecular complexity index is 907. The minimum Gasteiger partial charge on any atom is -0.483 e. The molecule has 0 saturated heterocycles. The van der Waals surface area contributed by atoms with Crippen LogP contribution in [-0.4, -0.2) is 35.8 Å². The van der Waals surface area contributed by atoms with E-state index in [1.54, 1.807) is 48.5 Å². The summed E-state index contributed by atoms with van der Waals surface area (Å²) in [5.41, 5.74) is 10.5. The molecule has 9 nitrogen and oxygen atoms in total. The van der Waals surface area contributed by atoms with Crippen LogP contribution in [0.2, 0.25) is 0 Å². The number of hydrogen-bond donors (Lipinski definition) is 4. The van der Waals surface area contributed by atoms with Gasteiger partial charge in [0.2, 0.25) is 0 Å². The minimum absolute atomic E-state index is 0.266. The highest BCUT2D eigenvalue weighted by atomic mass is 16.5. The van der Waals surface area contributed by atoms with E-state index in [0.717, 1.165) is 6.08 Å². The van der Waals surface area contributed by atoms with Crippen LogP contribution in [0.5, 0.6) is 5.75 Å². The summed E-state index contributed by atoms with van der Waals surface area (Å²) in [6, 6.07) is 13.2. The van der Waals surface area contributed by atoms with Gasteiger partial charge in [0.1, 0.15) is 5.75 Å².